The maximum atomic E-state index is 6.76. The third kappa shape index (κ3) is 2.52. The molecule has 0 amide bonds. The number of allylic oxidation sites excluding steroid dienone is 1. The van der Waals surface area contributed by atoms with E-state index in [1.807, 2.05) is 0 Å². The largest absolute Gasteiger partial charge is 0.344 e. The molecule has 0 aromatic heterocycles. The Labute approximate surface area is 172 Å². The average Bonchev–Trinajstić information content (AvgIpc) is 3.12. The van der Waals surface area contributed by atoms with E-state index in [9.17, 15) is 0 Å². The van der Waals surface area contributed by atoms with Gasteiger partial charge in [0.1, 0.15) is 0 Å². The van der Waals surface area contributed by atoms with Gasteiger partial charge in [0.05, 0.1) is 12.2 Å². The van der Waals surface area contributed by atoms with Gasteiger partial charge in [0.2, 0.25) is 0 Å². The zero-order valence-corrected chi connectivity index (χ0v) is 19.1. The van der Waals surface area contributed by atoms with Gasteiger partial charge in [-0.1, -0.05) is 39.3 Å². The molecule has 2 heteroatoms. The molecule has 5 aliphatic rings. The van der Waals surface area contributed by atoms with Crippen molar-refractivity contribution < 1.29 is 9.47 Å². The Balaban J connectivity index is 1.57. The highest BCUT2D eigenvalue weighted by atomic mass is 16.8. The molecule has 1 saturated heterocycles. The highest BCUT2D eigenvalue weighted by molar-refractivity contribution is 5.18. The first-order chi connectivity index (χ1) is 13.1. The smallest absolute Gasteiger partial charge is 0.163 e. The van der Waals surface area contributed by atoms with Crippen LogP contribution in [0.2, 0.25) is 0 Å². The Hall–Kier alpha value is -0.340. The number of rotatable bonds is 1. The molecule has 1 aliphatic heterocycles. The van der Waals surface area contributed by atoms with E-state index in [1.165, 1.54) is 50.5 Å². The first kappa shape index (κ1) is 19.6. The van der Waals surface area contributed by atoms with Crippen molar-refractivity contribution in [3.8, 4) is 0 Å². The molecule has 5 rings (SSSR count). The topological polar surface area (TPSA) is 18.5 Å². The minimum absolute atomic E-state index is 0.301. The van der Waals surface area contributed by atoms with Gasteiger partial charge in [-0.25, -0.2) is 0 Å². The summed E-state index contributed by atoms with van der Waals surface area (Å²) in [5, 5.41) is 0. The van der Waals surface area contributed by atoms with Crippen LogP contribution in [-0.2, 0) is 9.47 Å². The Kier molecular flexibility index (Phi) is 4.27. The zero-order chi connectivity index (χ0) is 20.1. The van der Waals surface area contributed by atoms with Crippen molar-refractivity contribution in [3.05, 3.63) is 12.2 Å². The molecule has 0 N–H and O–H groups in total. The van der Waals surface area contributed by atoms with Crippen molar-refractivity contribution in [2.45, 2.75) is 104 Å². The molecule has 4 saturated carbocycles. The van der Waals surface area contributed by atoms with Crippen LogP contribution < -0.4 is 0 Å². The minimum Gasteiger partial charge on any atom is -0.344 e. The van der Waals surface area contributed by atoms with Crippen molar-refractivity contribution in [3.63, 3.8) is 0 Å². The van der Waals surface area contributed by atoms with Gasteiger partial charge >= 0.3 is 0 Å². The standard InChI is InChI=1S/C26H42O2/c1-15(2)17-8-9-18-21-19(11-13-25(17,18)6)26(7)12-10-16(3)14-20(26)22-23(21)28-24(4,5)27-22/h16-23H,1,8-14H2,2-7H3/t16-,17+,18-,19-,20+,21-,22+,23+,25+,26+/m0/s1. The zero-order valence-electron chi connectivity index (χ0n) is 19.1. The highest BCUT2D eigenvalue weighted by Gasteiger charge is 2.68. The predicted octanol–water partition coefficient (Wildman–Crippen LogP) is 6.60. The van der Waals surface area contributed by atoms with Crippen LogP contribution in [0.5, 0.6) is 0 Å². The summed E-state index contributed by atoms with van der Waals surface area (Å²) < 4.78 is 13.5. The van der Waals surface area contributed by atoms with Crippen LogP contribution in [0, 0.1) is 46.3 Å². The van der Waals surface area contributed by atoms with Gasteiger partial charge in [0, 0.05) is 0 Å². The second-order valence-corrected chi connectivity index (χ2v) is 12.4. The minimum atomic E-state index is -0.425. The monoisotopic (exact) mass is 386 g/mol. The van der Waals surface area contributed by atoms with Gasteiger partial charge < -0.3 is 9.47 Å². The van der Waals surface area contributed by atoms with Crippen LogP contribution >= 0.6 is 0 Å². The molecule has 158 valence electrons. The summed E-state index contributed by atoms with van der Waals surface area (Å²) in [5.41, 5.74) is 2.26. The van der Waals surface area contributed by atoms with E-state index < -0.39 is 5.79 Å². The first-order valence-electron chi connectivity index (χ1n) is 12.1. The second kappa shape index (κ2) is 6.10. The van der Waals surface area contributed by atoms with Crippen molar-refractivity contribution in [2.75, 3.05) is 0 Å². The maximum Gasteiger partial charge on any atom is 0.163 e. The second-order valence-electron chi connectivity index (χ2n) is 12.4. The number of hydrogen-bond acceptors (Lipinski definition) is 2. The molecule has 5 fully saturated rings. The molecule has 4 aliphatic carbocycles. The predicted molar refractivity (Wildman–Crippen MR) is 114 cm³/mol. The van der Waals surface area contributed by atoms with E-state index in [0.717, 1.165) is 17.8 Å². The number of ether oxygens (including phenoxy) is 2. The molecular weight excluding hydrogens is 344 g/mol. The summed E-state index contributed by atoms with van der Waals surface area (Å²) >= 11 is 0. The van der Waals surface area contributed by atoms with E-state index >= 15 is 0 Å². The van der Waals surface area contributed by atoms with Crippen LogP contribution in [0.15, 0.2) is 12.2 Å². The normalized spacial score (nSPS) is 57.1. The number of hydrogen-bond donors (Lipinski definition) is 0. The van der Waals surface area contributed by atoms with Gasteiger partial charge in [-0.3, -0.25) is 0 Å². The summed E-state index contributed by atoms with van der Waals surface area (Å²) in [5.74, 6) is 4.03. The van der Waals surface area contributed by atoms with Crippen LogP contribution in [0.3, 0.4) is 0 Å². The third-order valence-corrected chi connectivity index (χ3v) is 10.4. The van der Waals surface area contributed by atoms with E-state index in [-0.39, 0.29) is 0 Å². The molecule has 0 unspecified atom stereocenters. The van der Waals surface area contributed by atoms with Crippen molar-refractivity contribution in [2.24, 2.45) is 46.3 Å². The lowest BCUT2D eigenvalue weighted by Crippen LogP contribution is -2.62. The summed E-state index contributed by atoms with van der Waals surface area (Å²) in [4.78, 5) is 0. The lowest BCUT2D eigenvalue weighted by molar-refractivity contribution is -0.182. The van der Waals surface area contributed by atoms with Gasteiger partial charge in [0.15, 0.2) is 5.79 Å². The lowest BCUT2D eigenvalue weighted by Gasteiger charge is -2.63. The Morgan fingerprint density at radius 2 is 1.46 bits per heavy atom. The highest BCUT2D eigenvalue weighted by Crippen LogP contribution is 2.70. The summed E-state index contributed by atoms with van der Waals surface area (Å²) in [6.45, 7) is 18.7. The van der Waals surface area contributed by atoms with Crippen LogP contribution in [0.4, 0.5) is 0 Å². The molecule has 0 aromatic carbocycles. The van der Waals surface area contributed by atoms with E-state index in [0.29, 0.717) is 40.8 Å². The van der Waals surface area contributed by atoms with Crippen molar-refractivity contribution in [1.82, 2.24) is 0 Å². The molecule has 0 spiro atoms. The number of fused-ring (bicyclic) bond motifs is 8. The lowest BCUT2D eigenvalue weighted by atomic mass is 9.43. The molecule has 0 bridgehead atoms. The average molecular weight is 387 g/mol. The fourth-order valence-corrected chi connectivity index (χ4v) is 9.19. The fourth-order valence-electron chi connectivity index (χ4n) is 9.19. The third-order valence-electron chi connectivity index (χ3n) is 10.4. The summed E-state index contributed by atoms with van der Waals surface area (Å²) in [6.07, 6.45) is 10.2. The molecule has 2 nitrogen and oxygen atoms in total. The SMILES string of the molecule is C=C(C)[C@H]1CC[C@H]2[C@@H]3[C@H]4OC(C)(C)O[C@@H]4[C@H]4C[C@@H](C)CC[C@]4(C)[C@H]3CC[C@]12C. The van der Waals surface area contributed by atoms with Crippen molar-refractivity contribution >= 4 is 0 Å². The van der Waals surface area contributed by atoms with E-state index in [1.54, 1.807) is 0 Å². The molecular formula is C26H42O2. The Morgan fingerprint density at radius 1 is 0.821 bits per heavy atom. The maximum absolute atomic E-state index is 6.76. The summed E-state index contributed by atoms with van der Waals surface area (Å²) in [7, 11) is 0. The molecule has 0 radical (unpaired) electrons. The molecule has 1 heterocycles. The van der Waals surface area contributed by atoms with E-state index in [4.69, 9.17) is 9.47 Å². The molecule has 10 atom stereocenters. The summed E-state index contributed by atoms with van der Waals surface area (Å²) in [6, 6.07) is 0. The van der Waals surface area contributed by atoms with Crippen LogP contribution in [-0.4, -0.2) is 18.0 Å². The molecule has 28 heavy (non-hydrogen) atoms. The Bertz CT molecular complexity index is 667. The quantitative estimate of drug-likeness (QED) is 0.473. The fraction of sp³-hybridized carbons (Fsp3) is 0.923. The molecule has 0 aromatic rings. The Morgan fingerprint density at radius 3 is 2.18 bits per heavy atom. The van der Waals surface area contributed by atoms with Crippen LogP contribution in [0.1, 0.15) is 86.5 Å². The first-order valence-corrected chi connectivity index (χ1v) is 12.1. The van der Waals surface area contributed by atoms with Gasteiger partial charge in [-0.05, 0) is 106 Å². The van der Waals surface area contributed by atoms with Gasteiger partial charge in [0.25, 0.3) is 0 Å². The van der Waals surface area contributed by atoms with Crippen molar-refractivity contribution in [1.29, 1.82) is 0 Å². The van der Waals surface area contributed by atoms with Crippen LogP contribution in [0.25, 0.3) is 0 Å². The van der Waals surface area contributed by atoms with Gasteiger partial charge in [-0.2, -0.15) is 0 Å². The van der Waals surface area contributed by atoms with E-state index in [2.05, 4.69) is 48.1 Å². The van der Waals surface area contributed by atoms with Gasteiger partial charge in [-0.15, -0.1) is 0 Å².